The van der Waals surface area contributed by atoms with E-state index in [0.717, 1.165) is 0 Å². The summed E-state index contributed by atoms with van der Waals surface area (Å²) >= 11 is 0. The van der Waals surface area contributed by atoms with Gasteiger partial charge in [-0.1, -0.05) is 6.58 Å². The average Bonchev–Trinajstić information content (AvgIpc) is 2.01. The van der Waals surface area contributed by atoms with Gasteiger partial charge in [0.25, 0.3) is 0 Å². The minimum Gasteiger partial charge on any atom is -0.259 e. The lowest BCUT2D eigenvalue weighted by atomic mass is 9.98. The van der Waals surface area contributed by atoms with Crippen LogP contribution in [0.25, 0.3) is 0 Å². The molecule has 0 saturated heterocycles. The van der Waals surface area contributed by atoms with Crippen molar-refractivity contribution in [2.45, 2.75) is 27.7 Å². The molecule has 0 radical (unpaired) electrons. The second-order valence-corrected chi connectivity index (χ2v) is 3.84. The van der Waals surface area contributed by atoms with Crippen LogP contribution >= 0.6 is 0 Å². The summed E-state index contributed by atoms with van der Waals surface area (Å²) in [6, 6.07) is 0. The topological polar surface area (TPSA) is 61.8 Å². The van der Waals surface area contributed by atoms with Gasteiger partial charge in [-0.15, -0.1) is 0 Å². The van der Waals surface area contributed by atoms with Gasteiger partial charge in [-0.3, -0.25) is 9.78 Å². The molecule has 80 valence electrons. The van der Waals surface area contributed by atoms with E-state index >= 15 is 0 Å². The van der Waals surface area contributed by atoms with Crippen molar-refractivity contribution in [1.29, 1.82) is 0 Å². The van der Waals surface area contributed by atoms with E-state index in [-0.39, 0.29) is 5.57 Å². The molecular formula is C9H14O5. The first-order valence-corrected chi connectivity index (χ1v) is 4.00. The maximum absolute atomic E-state index is 11.1. The van der Waals surface area contributed by atoms with Gasteiger partial charge >= 0.3 is 11.9 Å². The number of hydrogen-bond acceptors (Lipinski definition) is 5. The Labute approximate surface area is 82.5 Å². The highest BCUT2D eigenvalue weighted by molar-refractivity contribution is 5.86. The van der Waals surface area contributed by atoms with Crippen molar-refractivity contribution in [2.24, 2.45) is 5.41 Å². The highest BCUT2D eigenvalue weighted by Crippen LogP contribution is 2.15. The van der Waals surface area contributed by atoms with Crippen molar-refractivity contribution in [3.63, 3.8) is 0 Å². The molecule has 0 saturated carbocycles. The predicted molar refractivity (Wildman–Crippen MR) is 47.5 cm³/mol. The zero-order chi connectivity index (χ0) is 11.4. The van der Waals surface area contributed by atoms with E-state index in [0.29, 0.717) is 0 Å². The molecule has 0 aromatic rings. The predicted octanol–water partition coefficient (Wildman–Crippen LogP) is 1.54. The molecule has 14 heavy (non-hydrogen) atoms. The summed E-state index contributed by atoms with van der Waals surface area (Å²) in [5.41, 5.74) is -0.563. The van der Waals surface area contributed by atoms with Gasteiger partial charge < -0.3 is 0 Å². The minimum atomic E-state index is -0.785. The molecule has 0 rings (SSSR count). The number of carbonyl (C=O) groups is 2. The zero-order valence-corrected chi connectivity index (χ0v) is 8.75. The molecule has 5 heteroatoms. The molecule has 0 aliphatic heterocycles. The van der Waals surface area contributed by atoms with Gasteiger partial charge in [-0.2, -0.15) is 0 Å². The lowest BCUT2D eigenvalue weighted by Gasteiger charge is -2.13. The Kier molecular flexibility index (Phi) is 4.30. The Morgan fingerprint density at radius 2 is 1.64 bits per heavy atom. The fourth-order valence-electron chi connectivity index (χ4n) is 0.275. The van der Waals surface area contributed by atoms with Gasteiger partial charge in [0.2, 0.25) is 0 Å². The van der Waals surface area contributed by atoms with Crippen molar-refractivity contribution >= 4 is 11.9 Å². The van der Waals surface area contributed by atoms with E-state index in [1.165, 1.54) is 6.92 Å². The van der Waals surface area contributed by atoms with E-state index in [1.807, 2.05) is 0 Å². The van der Waals surface area contributed by atoms with E-state index < -0.39 is 17.4 Å². The molecule has 0 N–H and O–H groups in total. The molecule has 0 amide bonds. The number of hydrogen-bond donors (Lipinski definition) is 0. The first-order chi connectivity index (χ1) is 6.25. The third-order valence-electron chi connectivity index (χ3n) is 1.18. The van der Waals surface area contributed by atoms with Crippen molar-refractivity contribution < 1.29 is 24.4 Å². The summed E-state index contributed by atoms with van der Waals surface area (Å²) in [6.07, 6.45) is 0. The van der Waals surface area contributed by atoms with Crippen LogP contribution in [0.4, 0.5) is 0 Å². The van der Waals surface area contributed by atoms with Gasteiger partial charge in [0, 0.05) is 10.6 Å². The molecule has 0 aliphatic carbocycles. The van der Waals surface area contributed by atoms with Crippen LogP contribution in [0.5, 0.6) is 0 Å². The molecular weight excluding hydrogens is 188 g/mol. The van der Waals surface area contributed by atoms with Gasteiger partial charge in [-0.25, -0.2) is 9.59 Å². The average molecular weight is 202 g/mol. The Morgan fingerprint density at radius 1 is 1.14 bits per heavy atom. The molecule has 0 heterocycles. The minimum absolute atomic E-state index is 0.150. The van der Waals surface area contributed by atoms with Gasteiger partial charge in [0.1, 0.15) is 0 Å². The third kappa shape index (κ3) is 4.61. The molecule has 0 aromatic carbocycles. The zero-order valence-electron chi connectivity index (χ0n) is 8.75. The van der Waals surface area contributed by atoms with Crippen LogP contribution in [-0.2, 0) is 24.4 Å². The normalized spacial score (nSPS) is 10.6. The molecule has 0 spiro atoms. The van der Waals surface area contributed by atoms with Gasteiger partial charge in [0.15, 0.2) is 0 Å². The Hall–Kier alpha value is -1.36. The highest BCUT2D eigenvalue weighted by atomic mass is 17.5. The summed E-state index contributed by atoms with van der Waals surface area (Å²) in [5.74, 6) is -1.42. The maximum atomic E-state index is 11.1. The highest BCUT2D eigenvalue weighted by Gasteiger charge is 2.25. The number of carbonyl (C=O) groups excluding carboxylic acids is 2. The second kappa shape index (κ2) is 4.76. The first-order valence-electron chi connectivity index (χ1n) is 4.00. The van der Waals surface area contributed by atoms with E-state index in [1.54, 1.807) is 20.8 Å². The van der Waals surface area contributed by atoms with Crippen LogP contribution < -0.4 is 0 Å². The lowest BCUT2D eigenvalue weighted by Crippen LogP contribution is -2.23. The molecule has 0 unspecified atom stereocenters. The summed E-state index contributed by atoms with van der Waals surface area (Å²) in [4.78, 5) is 30.1. The van der Waals surface area contributed by atoms with Crippen molar-refractivity contribution in [1.82, 2.24) is 0 Å². The smallest absolute Gasteiger partial charge is 0.259 e. The Balaban J connectivity index is 3.82. The SMILES string of the molecule is C=C(C)C(=O)OOOC(=O)C(C)(C)C. The molecule has 0 fully saturated rings. The summed E-state index contributed by atoms with van der Waals surface area (Å²) in [6.45, 7) is 9.66. The van der Waals surface area contributed by atoms with Crippen LogP contribution in [0.2, 0.25) is 0 Å². The molecule has 0 bridgehead atoms. The lowest BCUT2D eigenvalue weighted by molar-refractivity contribution is -0.460. The van der Waals surface area contributed by atoms with Crippen LogP contribution in [-0.4, -0.2) is 11.9 Å². The summed E-state index contributed by atoms with van der Waals surface area (Å²) in [5, 5.41) is 3.99. The second-order valence-electron chi connectivity index (χ2n) is 3.84. The fourth-order valence-corrected chi connectivity index (χ4v) is 0.275. The largest absolute Gasteiger partial charge is 0.372 e. The first kappa shape index (κ1) is 12.6. The molecule has 0 atom stereocenters. The van der Waals surface area contributed by atoms with E-state index in [9.17, 15) is 9.59 Å². The summed E-state index contributed by atoms with van der Waals surface area (Å²) in [7, 11) is 0. The Bertz CT molecular complexity index is 248. The van der Waals surface area contributed by atoms with Crippen LogP contribution in [0.15, 0.2) is 12.2 Å². The molecule has 0 aromatic heterocycles. The van der Waals surface area contributed by atoms with Crippen LogP contribution in [0, 0.1) is 5.41 Å². The maximum Gasteiger partial charge on any atom is 0.372 e. The fraction of sp³-hybridized carbons (Fsp3) is 0.556. The quantitative estimate of drug-likeness (QED) is 0.394. The van der Waals surface area contributed by atoms with Crippen LogP contribution in [0.1, 0.15) is 27.7 Å². The van der Waals surface area contributed by atoms with Gasteiger partial charge in [-0.05, 0) is 27.7 Å². The van der Waals surface area contributed by atoms with Crippen molar-refractivity contribution in [3.05, 3.63) is 12.2 Å². The van der Waals surface area contributed by atoms with Crippen LogP contribution in [0.3, 0.4) is 0 Å². The third-order valence-corrected chi connectivity index (χ3v) is 1.18. The monoisotopic (exact) mass is 202 g/mol. The number of rotatable bonds is 3. The Morgan fingerprint density at radius 3 is 2.00 bits per heavy atom. The molecule has 5 nitrogen and oxygen atoms in total. The van der Waals surface area contributed by atoms with E-state index in [4.69, 9.17) is 0 Å². The standard InChI is InChI=1S/C9H14O5/c1-6(2)7(10)12-14-13-8(11)9(3,4)5/h1H2,2-5H3. The van der Waals surface area contributed by atoms with E-state index in [2.05, 4.69) is 21.4 Å². The summed E-state index contributed by atoms with van der Waals surface area (Å²) < 4.78 is 0. The van der Waals surface area contributed by atoms with Gasteiger partial charge in [0.05, 0.1) is 5.41 Å². The van der Waals surface area contributed by atoms with Crippen molar-refractivity contribution in [3.8, 4) is 0 Å². The molecule has 0 aliphatic rings. The van der Waals surface area contributed by atoms with Crippen molar-refractivity contribution in [2.75, 3.05) is 0 Å².